The van der Waals surface area contributed by atoms with Crippen LogP contribution in [0.5, 0.6) is 0 Å². The summed E-state index contributed by atoms with van der Waals surface area (Å²) in [5, 5.41) is 3.94. The van der Waals surface area contributed by atoms with E-state index in [0.717, 1.165) is 22.9 Å². The lowest BCUT2D eigenvalue weighted by molar-refractivity contribution is -0.173. The van der Waals surface area contributed by atoms with Crippen molar-refractivity contribution in [3.63, 3.8) is 0 Å². The van der Waals surface area contributed by atoms with Crippen molar-refractivity contribution >= 4 is 16.7 Å². The summed E-state index contributed by atoms with van der Waals surface area (Å²) in [5.41, 5.74) is 4.21. The normalized spacial score (nSPS) is 13.0. The van der Waals surface area contributed by atoms with E-state index in [0.29, 0.717) is 5.56 Å². The number of hydrogen-bond acceptors (Lipinski definition) is 1. The zero-order valence-electron chi connectivity index (χ0n) is 12.5. The molecule has 2 heterocycles. The molecule has 1 aliphatic heterocycles. The van der Waals surface area contributed by atoms with Crippen molar-refractivity contribution in [3.05, 3.63) is 65.5 Å². The molecule has 4 rings (SSSR count). The molecule has 2 aromatic carbocycles. The van der Waals surface area contributed by atoms with Crippen molar-refractivity contribution < 1.29 is 18.0 Å². The fourth-order valence-electron chi connectivity index (χ4n) is 3.19. The molecule has 1 amide bonds. The highest BCUT2D eigenvalue weighted by Crippen LogP contribution is 2.34. The first-order chi connectivity index (χ1) is 11.4. The Morgan fingerprint density at radius 1 is 1.17 bits per heavy atom. The topological polar surface area (TPSA) is 34.0 Å². The maximum absolute atomic E-state index is 12.2. The van der Waals surface area contributed by atoms with Crippen molar-refractivity contribution in [2.45, 2.75) is 19.1 Å². The number of carbonyl (C=O) groups excluding carboxylic acids is 1. The molecule has 0 saturated carbocycles. The molecule has 0 radical (unpaired) electrons. The quantitative estimate of drug-likeness (QED) is 0.597. The van der Waals surface area contributed by atoms with Gasteiger partial charge in [-0.15, -0.1) is 0 Å². The summed E-state index contributed by atoms with van der Waals surface area (Å²) >= 11 is 0. The molecule has 0 bridgehead atoms. The van der Waals surface area contributed by atoms with Gasteiger partial charge in [-0.1, -0.05) is 30.3 Å². The highest BCUT2D eigenvalue weighted by Gasteiger charge is 2.38. The van der Waals surface area contributed by atoms with E-state index in [1.54, 1.807) is 6.07 Å². The number of amides is 1. The third-order valence-electron chi connectivity index (χ3n) is 4.31. The molecule has 0 unspecified atom stereocenters. The first kappa shape index (κ1) is 14.8. The van der Waals surface area contributed by atoms with Crippen molar-refractivity contribution in [2.24, 2.45) is 0 Å². The van der Waals surface area contributed by atoms with E-state index in [4.69, 9.17) is 0 Å². The molecule has 0 spiro atoms. The number of fused-ring (bicyclic) bond motifs is 5. The van der Waals surface area contributed by atoms with Crippen LogP contribution in [0.1, 0.15) is 16.8 Å². The van der Waals surface area contributed by atoms with E-state index in [2.05, 4.69) is 16.7 Å². The molecule has 6 heteroatoms. The monoisotopic (exact) mass is 330 g/mol. The van der Waals surface area contributed by atoms with Crippen molar-refractivity contribution in [1.29, 1.82) is 0 Å². The van der Waals surface area contributed by atoms with Gasteiger partial charge >= 0.3 is 12.1 Å². The fraction of sp³-hybridized carbons (Fsp3) is 0.167. The van der Waals surface area contributed by atoms with E-state index in [-0.39, 0.29) is 6.54 Å². The van der Waals surface area contributed by atoms with Gasteiger partial charge in [-0.05, 0) is 23.3 Å². The van der Waals surface area contributed by atoms with Crippen LogP contribution in [0.15, 0.2) is 48.7 Å². The van der Waals surface area contributed by atoms with E-state index in [1.165, 1.54) is 11.3 Å². The highest BCUT2D eigenvalue weighted by molar-refractivity contribution is 5.89. The van der Waals surface area contributed by atoms with Gasteiger partial charge in [0.15, 0.2) is 0 Å². The van der Waals surface area contributed by atoms with Crippen molar-refractivity contribution in [2.75, 3.05) is 0 Å². The number of para-hydroxylation sites is 1. The predicted molar refractivity (Wildman–Crippen MR) is 84.0 cm³/mol. The fourth-order valence-corrected chi connectivity index (χ4v) is 3.19. The van der Waals surface area contributed by atoms with E-state index in [9.17, 15) is 18.0 Å². The predicted octanol–water partition coefficient (Wildman–Crippen LogP) is 3.71. The van der Waals surface area contributed by atoms with Gasteiger partial charge in [0.1, 0.15) is 0 Å². The zero-order valence-corrected chi connectivity index (χ0v) is 12.5. The molecule has 122 valence electrons. The number of nitrogens with zero attached hydrogens (tertiary/aromatic N) is 1. The average molecular weight is 330 g/mol. The average Bonchev–Trinajstić information content (AvgIpc) is 3.07. The Hall–Kier alpha value is -2.76. The van der Waals surface area contributed by atoms with Gasteiger partial charge < -0.3 is 9.88 Å². The number of halogens is 3. The van der Waals surface area contributed by atoms with Gasteiger partial charge in [-0.25, -0.2) is 0 Å². The Morgan fingerprint density at radius 3 is 2.75 bits per heavy atom. The van der Waals surface area contributed by atoms with Crippen LogP contribution in [-0.2, 0) is 17.8 Å². The maximum Gasteiger partial charge on any atom is 0.471 e. The summed E-state index contributed by atoms with van der Waals surface area (Å²) in [6.45, 7) is -0.147. The molecule has 1 N–H and O–H groups in total. The molecule has 0 aliphatic carbocycles. The molecule has 3 aromatic rings. The number of aromatic nitrogens is 1. The number of alkyl halides is 3. The second-order valence-electron chi connectivity index (χ2n) is 5.85. The molecule has 0 atom stereocenters. The van der Waals surface area contributed by atoms with E-state index in [1.807, 2.05) is 35.8 Å². The summed E-state index contributed by atoms with van der Waals surface area (Å²) in [6.07, 6.45) is -2.03. The van der Waals surface area contributed by atoms with Crippen LogP contribution >= 0.6 is 0 Å². The second-order valence-corrected chi connectivity index (χ2v) is 5.85. The Morgan fingerprint density at radius 2 is 1.96 bits per heavy atom. The van der Waals surface area contributed by atoms with E-state index < -0.39 is 12.1 Å². The minimum Gasteiger partial charge on any atom is -0.344 e. The summed E-state index contributed by atoms with van der Waals surface area (Å²) < 4.78 is 38.8. The molecular formula is C18H13F3N2O. The van der Waals surface area contributed by atoms with Crippen LogP contribution in [0.3, 0.4) is 0 Å². The van der Waals surface area contributed by atoms with Gasteiger partial charge in [0, 0.05) is 41.3 Å². The minimum absolute atomic E-state index is 0.147. The first-order valence-electron chi connectivity index (χ1n) is 7.49. The number of carbonyl (C=O) groups is 1. The van der Waals surface area contributed by atoms with Crippen LogP contribution in [-0.4, -0.2) is 16.7 Å². The third-order valence-corrected chi connectivity index (χ3v) is 4.31. The van der Waals surface area contributed by atoms with Gasteiger partial charge in [-0.3, -0.25) is 4.79 Å². The smallest absolute Gasteiger partial charge is 0.344 e. The Bertz CT molecular complexity index is 957. The first-order valence-corrected chi connectivity index (χ1v) is 7.49. The van der Waals surface area contributed by atoms with Gasteiger partial charge in [0.05, 0.1) is 0 Å². The minimum atomic E-state index is -4.86. The van der Waals surface area contributed by atoms with Gasteiger partial charge in [-0.2, -0.15) is 13.2 Å². The van der Waals surface area contributed by atoms with Crippen LogP contribution in [0, 0.1) is 0 Å². The Kier molecular flexibility index (Phi) is 3.16. The molecular weight excluding hydrogens is 317 g/mol. The summed E-state index contributed by atoms with van der Waals surface area (Å²) in [5.74, 6) is -1.92. The lowest BCUT2D eigenvalue weighted by Gasteiger charge is -2.08. The molecule has 1 aliphatic rings. The standard InChI is InChI=1S/C18H13F3N2O/c19-18(20,21)17(24)22-9-11-5-6-14-13(7-11)10-23-15-4-2-1-3-12(15)8-16(14)23/h1-7,10H,8-9H2,(H,22,24). The lowest BCUT2D eigenvalue weighted by atomic mass is 10.1. The highest BCUT2D eigenvalue weighted by atomic mass is 19.4. The zero-order chi connectivity index (χ0) is 16.9. The summed E-state index contributed by atoms with van der Waals surface area (Å²) in [4.78, 5) is 10.9. The SMILES string of the molecule is O=C(NCc1ccc2c3n(cc2c1)-c1ccccc1C3)C(F)(F)F. The van der Waals surface area contributed by atoms with Gasteiger partial charge in [0.2, 0.25) is 0 Å². The number of rotatable bonds is 2. The summed E-state index contributed by atoms with van der Waals surface area (Å²) in [6, 6.07) is 13.6. The Labute approximate surface area is 135 Å². The van der Waals surface area contributed by atoms with Crippen LogP contribution in [0.2, 0.25) is 0 Å². The van der Waals surface area contributed by atoms with E-state index >= 15 is 0 Å². The molecule has 24 heavy (non-hydrogen) atoms. The second kappa shape index (κ2) is 5.12. The largest absolute Gasteiger partial charge is 0.471 e. The number of hydrogen-bond donors (Lipinski definition) is 1. The third kappa shape index (κ3) is 2.35. The molecule has 1 aromatic heterocycles. The van der Waals surface area contributed by atoms with Crippen LogP contribution < -0.4 is 5.32 Å². The molecule has 0 saturated heterocycles. The Balaban J connectivity index is 1.64. The maximum atomic E-state index is 12.2. The van der Waals surface area contributed by atoms with Crippen LogP contribution in [0.25, 0.3) is 16.5 Å². The van der Waals surface area contributed by atoms with Gasteiger partial charge in [0.25, 0.3) is 0 Å². The van der Waals surface area contributed by atoms with Crippen molar-refractivity contribution in [1.82, 2.24) is 9.88 Å². The molecule has 3 nitrogen and oxygen atoms in total. The number of nitrogens with one attached hydrogen (secondary N) is 1. The number of benzene rings is 2. The lowest BCUT2D eigenvalue weighted by Crippen LogP contribution is -2.36. The van der Waals surface area contributed by atoms with Crippen LogP contribution in [0.4, 0.5) is 13.2 Å². The molecule has 0 fully saturated rings. The summed E-state index contributed by atoms with van der Waals surface area (Å²) in [7, 11) is 0. The van der Waals surface area contributed by atoms with Crippen molar-refractivity contribution in [3.8, 4) is 5.69 Å².